The number of nitrogens with one attached hydrogen (secondary N) is 1. The molecule has 112 valence electrons. The fourth-order valence-electron chi connectivity index (χ4n) is 2.03. The van der Waals surface area contributed by atoms with Gasteiger partial charge in [-0.05, 0) is 31.8 Å². The second-order valence-corrected chi connectivity index (χ2v) is 5.35. The highest BCUT2D eigenvalue weighted by atomic mass is 16.2. The summed E-state index contributed by atoms with van der Waals surface area (Å²) in [7, 11) is 5.82. The van der Waals surface area contributed by atoms with Gasteiger partial charge in [0.1, 0.15) is 6.04 Å². The lowest BCUT2D eigenvalue weighted by molar-refractivity contribution is -0.117. The number of anilines is 1. The van der Waals surface area contributed by atoms with Gasteiger partial charge in [-0.15, -0.1) is 0 Å². The summed E-state index contributed by atoms with van der Waals surface area (Å²) in [6.07, 6.45) is 3.34. The maximum atomic E-state index is 12.1. The van der Waals surface area contributed by atoms with E-state index in [1.54, 1.807) is 24.1 Å². The first-order valence-corrected chi connectivity index (χ1v) is 6.74. The van der Waals surface area contributed by atoms with Crippen LogP contribution in [-0.2, 0) is 18.4 Å². The van der Waals surface area contributed by atoms with Crippen molar-refractivity contribution in [3.63, 3.8) is 0 Å². The molecule has 2 rings (SSSR count). The lowest BCUT2D eigenvalue weighted by atomic mass is 10.1. The average Bonchev–Trinajstić information content (AvgIpc) is 2.86. The lowest BCUT2D eigenvalue weighted by Crippen LogP contribution is -2.27. The van der Waals surface area contributed by atoms with Gasteiger partial charge in [0.2, 0.25) is 5.91 Å². The number of carbonyl (C=O) groups is 1. The van der Waals surface area contributed by atoms with Gasteiger partial charge in [0, 0.05) is 31.0 Å². The zero-order valence-corrected chi connectivity index (χ0v) is 12.6. The van der Waals surface area contributed by atoms with Crippen LogP contribution in [0.5, 0.6) is 0 Å². The first-order valence-electron chi connectivity index (χ1n) is 6.74. The van der Waals surface area contributed by atoms with E-state index in [-0.39, 0.29) is 5.91 Å². The number of amides is 1. The van der Waals surface area contributed by atoms with E-state index >= 15 is 0 Å². The zero-order chi connectivity index (χ0) is 15.4. The van der Waals surface area contributed by atoms with Crippen LogP contribution in [0.4, 0.5) is 5.69 Å². The third-order valence-corrected chi connectivity index (χ3v) is 3.09. The van der Waals surface area contributed by atoms with Gasteiger partial charge in [0.15, 0.2) is 0 Å². The maximum absolute atomic E-state index is 12.1. The summed E-state index contributed by atoms with van der Waals surface area (Å²) in [5.41, 5.74) is 8.54. The van der Waals surface area contributed by atoms with Crippen molar-refractivity contribution >= 4 is 11.6 Å². The summed E-state index contributed by atoms with van der Waals surface area (Å²) in [5.74, 6) is -0.247. The second kappa shape index (κ2) is 6.51. The van der Waals surface area contributed by atoms with Gasteiger partial charge in [-0.3, -0.25) is 9.48 Å². The van der Waals surface area contributed by atoms with E-state index in [9.17, 15) is 4.79 Å². The molecule has 6 nitrogen and oxygen atoms in total. The summed E-state index contributed by atoms with van der Waals surface area (Å²) in [6.45, 7) is 0.865. The Bertz CT molecular complexity index is 603. The first kappa shape index (κ1) is 15.2. The number of nitrogens with two attached hydrogens (primary N) is 1. The van der Waals surface area contributed by atoms with Crippen LogP contribution in [0.25, 0.3) is 0 Å². The van der Waals surface area contributed by atoms with E-state index in [1.807, 2.05) is 38.4 Å². The maximum Gasteiger partial charge on any atom is 0.246 e. The zero-order valence-electron chi connectivity index (χ0n) is 12.6. The van der Waals surface area contributed by atoms with Gasteiger partial charge in [-0.25, -0.2) is 0 Å². The molecule has 6 heteroatoms. The van der Waals surface area contributed by atoms with Gasteiger partial charge >= 0.3 is 0 Å². The molecule has 0 spiro atoms. The van der Waals surface area contributed by atoms with E-state index in [0.717, 1.165) is 12.2 Å². The molecule has 0 bridgehead atoms. The van der Waals surface area contributed by atoms with Crippen molar-refractivity contribution in [2.75, 3.05) is 19.4 Å². The summed E-state index contributed by atoms with van der Waals surface area (Å²) >= 11 is 0. The van der Waals surface area contributed by atoms with Crippen LogP contribution in [0.3, 0.4) is 0 Å². The standard InChI is InChI=1S/C15H21N5O/c1-19(2)9-11-4-6-13(7-5-11)18-15(21)14(16)12-8-17-20(3)10-12/h4-8,10,14H,9,16H2,1-3H3,(H,18,21). The third-order valence-electron chi connectivity index (χ3n) is 3.09. The summed E-state index contributed by atoms with van der Waals surface area (Å²) < 4.78 is 1.62. The smallest absolute Gasteiger partial charge is 0.246 e. The van der Waals surface area contributed by atoms with Crippen LogP contribution in [0, 0.1) is 0 Å². The minimum atomic E-state index is -0.722. The normalized spacial score (nSPS) is 12.4. The van der Waals surface area contributed by atoms with Gasteiger partial charge in [-0.1, -0.05) is 12.1 Å². The molecule has 0 fully saturated rings. The van der Waals surface area contributed by atoms with E-state index in [0.29, 0.717) is 5.56 Å². The van der Waals surface area contributed by atoms with Crippen LogP contribution < -0.4 is 11.1 Å². The molecule has 0 radical (unpaired) electrons. The molecule has 1 amide bonds. The molecule has 1 heterocycles. The van der Waals surface area contributed by atoms with E-state index < -0.39 is 6.04 Å². The SMILES string of the molecule is CN(C)Cc1ccc(NC(=O)C(N)c2cnn(C)c2)cc1. The summed E-state index contributed by atoms with van der Waals surface area (Å²) in [5, 5.41) is 6.83. The van der Waals surface area contributed by atoms with Gasteiger partial charge < -0.3 is 16.0 Å². The van der Waals surface area contributed by atoms with Crippen LogP contribution in [0.15, 0.2) is 36.7 Å². The van der Waals surface area contributed by atoms with Crippen molar-refractivity contribution in [1.29, 1.82) is 0 Å². The molecule has 1 aromatic heterocycles. The van der Waals surface area contributed by atoms with Crippen LogP contribution in [0.2, 0.25) is 0 Å². The average molecular weight is 287 g/mol. The Morgan fingerprint density at radius 1 is 1.38 bits per heavy atom. The molecule has 3 N–H and O–H groups in total. The number of rotatable bonds is 5. The fourth-order valence-corrected chi connectivity index (χ4v) is 2.03. The number of benzene rings is 1. The van der Waals surface area contributed by atoms with Crippen molar-refractivity contribution in [2.24, 2.45) is 12.8 Å². The van der Waals surface area contributed by atoms with E-state index in [4.69, 9.17) is 5.73 Å². The Labute approximate surface area is 124 Å². The summed E-state index contributed by atoms with van der Waals surface area (Å²) in [6, 6.07) is 7.02. The molecule has 0 aliphatic heterocycles. The highest BCUT2D eigenvalue weighted by Crippen LogP contribution is 2.14. The molecule has 0 aliphatic carbocycles. The predicted octanol–water partition coefficient (Wildman–Crippen LogP) is 1.12. The highest BCUT2D eigenvalue weighted by molar-refractivity contribution is 5.95. The van der Waals surface area contributed by atoms with E-state index in [2.05, 4.69) is 15.3 Å². The molecule has 2 aromatic rings. The van der Waals surface area contributed by atoms with Crippen molar-refractivity contribution in [2.45, 2.75) is 12.6 Å². The van der Waals surface area contributed by atoms with Crippen molar-refractivity contribution in [3.8, 4) is 0 Å². The third kappa shape index (κ3) is 4.14. The Morgan fingerprint density at radius 3 is 2.57 bits per heavy atom. The molecular formula is C15H21N5O. The summed E-state index contributed by atoms with van der Waals surface area (Å²) in [4.78, 5) is 14.2. The van der Waals surface area contributed by atoms with Crippen molar-refractivity contribution in [1.82, 2.24) is 14.7 Å². The Balaban J connectivity index is 1.99. The molecule has 0 saturated heterocycles. The molecular weight excluding hydrogens is 266 g/mol. The molecule has 0 aliphatic rings. The quantitative estimate of drug-likeness (QED) is 0.864. The van der Waals surface area contributed by atoms with E-state index in [1.165, 1.54) is 5.56 Å². The van der Waals surface area contributed by atoms with Crippen LogP contribution in [0.1, 0.15) is 17.2 Å². The Kier molecular flexibility index (Phi) is 4.72. The second-order valence-electron chi connectivity index (χ2n) is 5.35. The Morgan fingerprint density at radius 2 is 2.05 bits per heavy atom. The largest absolute Gasteiger partial charge is 0.324 e. The Hall–Kier alpha value is -2.18. The number of aromatic nitrogens is 2. The van der Waals surface area contributed by atoms with Gasteiger partial charge in [0.05, 0.1) is 6.20 Å². The van der Waals surface area contributed by atoms with Crippen LogP contribution >= 0.6 is 0 Å². The minimum absolute atomic E-state index is 0.247. The monoisotopic (exact) mass is 287 g/mol. The fraction of sp³-hybridized carbons (Fsp3) is 0.333. The number of aryl methyl sites for hydroxylation is 1. The number of carbonyl (C=O) groups excluding carboxylic acids is 1. The van der Waals surface area contributed by atoms with Gasteiger partial charge in [0.25, 0.3) is 0 Å². The minimum Gasteiger partial charge on any atom is -0.324 e. The first-order chi connectivity index (χ1) is 9.95. The number of nitrogens with zero attached hydrogens (tertiary/aromatic N) is 3. The number of hydrogen-bond donors (Lipinski definition) is 2. The van der Waals surface area contributed by atoms with Gasteiger partial charge in [-0.2, -0.15) is 5.10 Å². The highest BCUT2D eigenvalue weighted by Gasteiger charge is 2.17. The topological polar surface area (TPSA) is 76.2 Å². The molecule has 1 unspecified atom stereocenters. The van der Waals surface area contributed by atoms with Crippen LogP contribution in [-0.4, -0.2) is 34.7 Å². The molecule has 1 atom stereocenters. The lowest BCUT2D eigenvalue weighted by Gasteiger charge is -2.12. The molecule has 1 aromatic carbocycles. The van der Waals surface area contributed by atoms with Crippen molar-refractivity contribution in [3.05, 3.63) is 47.8 Å². The number of hydrogen-bond acceptors (Lipinski definition) is 4. The predicted molar refractivity (Wildman–Crippen MR) is 82.6 cm³/mol. The molecule has 21 heavy (non-hydrogen) atoms. The molecule has 0 saturated carbocycles. The van der Waals surface area contributed by atoms with Crippen molar-refractivity contribution < 1.29 is 4.79 Å².